The van der Waals surface area contributed by atoms with Crippen LogP contribution in [0.3, 0.4) is 0 Å². The molecule has 0 fully saturated rings. The summed E-state index contributed by atoms with van der Waals surface area (Å²) < 4.78 is 1.65. The molecule has 0 saturated carbocycles. The third-order valence-electron chi connectivity index (χ3n) is 3.40. The van der Waals surface area contributed by atoms with Crippen molar-refractivity contribution in [2.45, 2.75) is 13.0 Å². The van der Waals surface area contributed by atoms with E-state index in [0.717, 1.165) is 10.9 Å². The highest BCUT2D eigenvalue weighted by molar-refractivity contribution is 6.35. The first kappa shape index (κ1) is 14.9. The van der Waals surface area contributed by atoms with Crippen LogP contribution in [-0.4, -0.2) is 19.7 Å². The second kappa shape index (κ2) is 5.62. The Morgan fingerprint density at radius 2 is 2.05 bits per heavy atom. The fourth-order valence-electron chi connectivity index (χ4n) is 2.23. The van der Waals surface area contributed by atoms with Crippen LogP contribution in [0.4, 0.5) is 11.8 Å². The van der Waals surface area contributed by atoms with E-state index in [9.17, 15) is 0 Å². The average molecular weight is 337 g/mol. The number of nitrogens with zero attached hydrogens (tertiary/aromatic N) is 4. The molecule has 1 atom stereocenters. The van der Waals surface area contributed by atoms with Crippen LogP contribution in [0.25, 0.3) is 11.0 Å². The SMILES string of the molecule is C[C@H](Nc1nc(N)c2cnn(C)c2n1)c1ccc(Cl)cc1Cl. The topological polar surface area (TPSA) is 81.6 Å². The van der Waals surface area contributed by atoms with E-state index >= 15 is 0 Å². The van der Waals surface area contributed by atoms with E-state index in [2.05, 4.69) is 20.4 Å². The van der Waals surface area contributed by atoms with Gasteiger partial charge in [-0.15, -0.1) is 0 Å². The molecule has 22 heavy (non-hydrogen) atoms. The number of rotatable bonds is 3. The van der Waals surface area contributed by atoms with Gasteiger partial charge in [-0.25, -0.2) is 0 Å². The molecule has 3 rings (SSSR count). The van der Waals surface area contributed by atoms with Gasteiger partial charge in [0.05, 0.1) is 17.6 Å². The molecule has 0 amide bonds. The lowest BCUT2D eigenvalue weighted by Gasteiger charge is -2.16. The predicted molar refractivity (Wildman–Crippen MR) is 89.2 cm³/mol. The number of hydrogen-bond donors (Lipinski definition) is 2. The molecule has 2 heterocycles. The van der Waals surface area contributed by atoms with Crippen LogP contribution in [0.1, 0.15) is 18.5 Å². The van der Waals surface area contributed by atoms with Crippen molar-refractivity contribution in [3.8, 4) is 0 Å². The van der Waals surface area contributed by atoms with Gasteiger partial charge < -0.3 is 11.1 Å². The van der Waals surface area contributed by atoms with Crippen molar-refractivity contribution >= 4 is 46.0 Å². The van der Waals surface area contributed by atoms with Crippen LogP contribution in [0.5, 0.6) is 0 Å². The maximum absolute atomic E-state index is 6.22. The highest BCUT2D eigenvalue weighted by Gasteiger charge is 2.14. The fourth-order valence-corrected chi connectivity index (χ4v) is 2.80. The van der Waals surface area contributed by atoms with Crippen molar-refractivity contribution in [2.75, 3.05) is 11.1 Å². The van der Waals surface area contributed by atoms with Crippen LogP contribution in [0, 0.1) is 0 Å². The first-order chi connectivity index (χ1) is 10.5. The van der Waals surface area contributed by atoms with E-state index in [1.165, 1.54) is 0 Å². The van der Waals surface area contributed by atoms with Gasteiger partial charge in [-0.1, -0.05) is 29.3 Å². The molecule has 0 aliphatic rings. The Morgan fingerprint density at radius 1 is 1.27 bits per heavy atom. The van der Waals surface area contributed by atoms with Crippen molar-refractivity contribution < 1.29 is 0 Å². The molecule has 3 aromatic rings. The standard InChI is InChI=1S/C14H14Cl2N6/c1-7(9-4-3-8(15)5-11(9)16)19-14-20-12(17)10-6-18-22(2)13(10)21-14/h3-7H,1-2H3,(H3,17,19,20,21)/t7-/m0/s1. The van der Waals surface area contributed by atoms with Crippen LogP contribution in [-0.2, 0) is 7.05 Å². The number of aryl methyl sites for hydroxylation is 1. The van der Waals surface area contributed by atoms with Gasteiger partial charge in [-0.05, 0) is 24.6 Å². The number of halogens is 2. The molecule has 0 unspecified atom stereocenters. The summed E-state index contributed by atoms with van der Waals surface area (Å²) in [4.78, 5) is 8.70. The lowest BCUT2D eigenvalue weighted by atomic mass is 10.1. The van der Waals surface area contributed by atoms with E-state index in [1.807, 2.05) is 13.0 Å². The van der Waals surface area contributed by atoms with Crippen LogP contribution >= 0.6 is 23.2 Å². The zero-order valence-electron chi connectivity index (χ0n) is 12.0. The summed E-state index contributed by atoms with van der Waals surface area (Å²) in [5, 5.41) is 9.23. The monoisotopic (exact) mass is 336 g/mol. The van der Waals surface area contributed by atoms with Gasteiger partial charge in [-0.2, -0.15) is 15.1 Å². The smallest absolute Gasteiger partial charge is 0.227 e. The van der Waals surface area contributed by atoms with Crippen molar-refractivity contribution in [1.29, 1.82) is 0 Å². The van der Waals surface area contributed by atoms with Gasteiger partial charge in [0.2, 0.25) is 5.95 Å². The number of aromatic nitrogens is 4. The molecule has 114 valence electrons. The number of nitrogen functional groups attached to an aromatic ring is 1. The Hall–Kier alpha value is -2.05. The number of benzene rings is 1. The van der Waals surface area contributed by atoms with Gasteiger partial charge in [0.25, 0.3) is 0 Å². The Kier molecular flexibility index (Phi) is 3.80. The lowest BCUT2D eigenvalue weighted by Crippen LogP contribution is -2.11. The molecule has 6 nitrogen and oxygen atoms in total. The molecule has 0 aliphatic heterocycles. The van der Waals surface area contributed by atoms with E-state index in [1.54, 1.807) is 30.1 Å². The Bertz CT molecular complexity index is 845. The predicted octanol–water partition coefficient (Wildman–Crippen LogP) is 3.43. The maximum Gasteiger partial charge on any atom is 0.227 e. The molecule has 0 radical (unpaired) electrons. The molecular formula is C14H14Cl2N6. The molecular weight excluding hydrogens is 323 g/mol. The van der Waals surface area contributed by atoms with E-state index in [0.29, 0.717) is 27.5 Å². The summed E-state index contributed by atoms with van der Waals surface area (Å²) in [5.41, 5.74) is 7.52. The zero-order valence-corrected chi connectivity index (χ0v) is 13.5. The lowest BCUT2D eigenvalue weighted by molar-refractivity contribution is 0.783. The van der Waals surface area contributed by atoms with Crippen molar-refractivity contribution in [1.82, 2.24) is 19.7 Å². The van der Waals surface area contributed by atoms with Crippen molar-refractivity contribution in [3.63, 3.8) is 0 Å². The number of anilines is 2. The summed E-state index contributed by atoms with van der Waals surface area (Å²) in [6, 6.07) is 5.26. The first-order valence-electron chi connectivity index (χ1n) is 6.62. The van der Waals surface area contributed by atoms with E-state index < -0.39 is 0 Å². The summed E-state index contributed by atoms with van der Waals surface area (Å²) >= 11 is 12.1. The summed E-state index contributed by atoms with van der Waals surface area (Å²) in [6.45, 7) is 1.96. The number of hydrogen-bond acceptors (Lipinski definition) is 5. The summed E-state index contributed by atoms with van der Waals surface area (Å²) in [5.74, 6) is 0.808. The summed E-state index contributed by atoms with van der Waals surface area (Å²) in [7, 11) is 1.80. The number of nitrogens with one attached hydrogen (secondary N) is 1. The normalized spacial score (nSPS) is 12.5. The molecule has 1 aromatic carbocycles. The van der Waals surface area contributed by atoms with Gasteiger partial charge in [0, 0.05) is 17.1 Å². The summed E-state index contributed by atoms with van der Waals surface area (Å²) in [6.07, 6.45) is 1.65. The van der Waals surface area contributed by atoms with Crippen molar-refractivity contribution in [2.24, 2.45) is 7.05 Å². The Labute approximate surface area is 137 Å². The Balaban J connectivity index is 1.93. The van der Waals surface area contributed by atoms with Crippen molar-refractivity contribution in [3.05, 3.63) is 40.0 Å². The largest absolute Gasteiger partial charge is 0.383 e. The molecule has 8 heteroatoms. The zero-order chi connectivity index (χ0) is 15.9. The van der Waals surface area contributed by atoms with Gasteiger partial charge in [0.1, 0.15) is 5.82 Å². The third-order valence-corrected chi connectivity index (χ3v) is 3.96. The average Bonchev–Trinajstić information content (AvgIpc) is 2.81. The quantitative estimate of drug-likeness (QED) is 0.765. The highest BCUT2D eigenvalue weighted by Crippen LogP contribution is 2.28. The number of nitrogens with two attached hydrogens (primary N) is 1. The molecule has 3 N–H and O–H groups in total. The Morgan fingerprint density at radius 3 is 2.77 bits per heavy atom. The molecule has 0 bridgehead atoms. The van der Waals surface area contributed by atoms with Gasteiger partial charge in [0.15, 0.2) is 5.65 Å². The van der Waals surface area contributed by atoms with Gasteiger partial charge in [-0.3, -0.25) is 4.68 Å². The fraction of sp³-hybridized carbons (Fsp3) is 0.214. The van der Waals surface area contributed by atoms with Crippen LogP contribution in [0.2, 0.25) is 10.0 Å². The third kappa shape index (κ3) is 2.67. The van der Waals surface area contributed by atoms with Crippen LogP contribution < -0.4 is 11.1 Å². The molecule has 0 spiro atoms. The second-order valence-electron chi connectivity index (χ2n) is 4.97. The minimum Gasteiger partial charge on any atom is -0.383 e. The molecule has 0 saturated heterocycles. The van der Waals surface area contributed by atoms with E-state index in [-0.39, 0.29) is 6.04 Å². The highest BCUT2D eigenvalue weighted by atomic mass is 35.5. The van der Waals surface area contributed by atoms with Crippen LogP contribution in [0.15, 0.2) is 24.4 Å². The first-order valence-corrected chi connectivity index (χ1v) is 7.38. The van der Waals surface area contributed by atoms with Gasteiger partial charge >= 0.3 is 0 Å². The minimum absolute atomic E-state index is 0.102. The minimum atomic E-state index is -0.102. The van der Waals surface area contributed by atoms with E-state index in [4.69, 9.17) is 28.9 Å². The maximum atomic E-state index is 6.22. The molecule has 2 aromatic heterocycles. The molecule has 0 aliphatic carbocycles. The number of fused-ring (bicyclic) bond motifs is 1. The second-order valence-corrected chi connectivity index (χ2v) is 5.81.